The third-order valence-electron chi connectivity index (χ3n) is 3.76. The van der Waals surface area contributed by atoms with E-state index in [4.69, 9.17) is 4.74 Å². The number of nitrogens with zero attached hydrogens (tertiary/aromatic N) is 2. The van der Waals surface area contributed by atoms with Gasteiger partial charge < -0.3 is 15.4 Å². The number of hydrogen-bond donors (Lipinski definition) is 2. The molecule has 0 heterocycles. The highest BCUT2D eigenvalue weighted by Crippen LogP contribution is 2.13. The van der Waals surface area contributed by atoms with E-state index in [0.717, 1.165) is 29.2 Å². The molecule has 152 valence electrons. The number of benzene rings is 2. The number of hydrogen-bond acceptors (Lipinski definition) is 5. The van der Waals surface area contributed by atoms with Crippen LogP contribution in [0, 0.1) is 10.1 Å². The first kappa shape index (κ1) is 24.0. The maximum Gasteiger partial charge on any atom is 0.269 e. The van der Waals surface area contributed by atoms with E-state index in [9.17, 15) is 10.1 Å². The van der Waals surface area contributed by atoms with Gasteiger partial charge in [0.2, 0.25) is 0 Å². The first-order valence-corrected chi connectivity index (χ1v) is 9.89. The fourth-order valence-corrected chi connectivity index (χ4v) is 2.61. The number of nitro groups is 1. The van der Waals surface area contributed by atoms with Crippen molar-refractivity contribution in [2.24, 2.45) is 4.99 Å². The molecule has 0 atom stereocenters. The Balaban J connectivity index is 0.00000392. The van der Waals surface area contributed by atoms with Crippen molar-refractivity contribution in [2.75, 3.05) is 25.7 Å². The van der Waals surface area contributed by atoms with E-state index < -0.39 is 4.92 Å². The van der Waals surface area contributed by atoms with Crippen molar-refractivity contribution in [3.8, 4) is 5.75 Å². The van der Waals surface area contributed by atoms with Crippen LogP contribution in [0.15, 0.2) is 53.5 Å². The quantitative estimate of drug-likeness (QED) is 0.132. The van der Waals surface area contributed by atoms with Crippen molar-refractivity contribution in [1.29, 1.82) is 0 Å². The summed E-state index contributed by atoms with van der Waals surface area (Å²) in [5, 5.41) is 17.3. The molecule has 0 saturated heterocycles. The second-order valence-electron chi connectivity index (χ2n) is 5.71. The molecule has 0 spiro atoms. The lowest BCUT2D eigenvalue weighted by Gasteiger charge is -2.12. The van der Waals surface area contributed by atoms with Gasteiger partial charge in [-0.05, 0) is 29.5 Å². The molecule has 2 N–H and O–H groups in total. The lowest BCUT2D eigenvalue weighted by Crippen LogP contribution is -2.38. The number of aliphatic imine (C=N–C) groups is 1. The number of nitrogens with one attached hydrogen (secondary N) is 2. The van der Waals surface area contributed by atoms with Gasteiger partial charge in [0.25, 0.3) is 5.69 Å². The summed E-state index contributed by atoms with van der Waals surface area (Å²) < 4.78 is 5.24. The number of halogens is 1. The average molecular weight is 516 g/mol. The van der Waals surface area contributed by atoms with Gasteiger partial charge in [-0.15, -0.1) is 24.0 Å². The molecular weight excluding hydrogens is 491 g/mol. The summed E-state index contributed by atoms with van der Waals surface area (Å²) in [6.07, 6.45) is 2.05. The van der Waals surface area contributed by atoms with Crippen LogP contribution in [-0.2, 0) is 13.1 Å². The Labute approximate surface area is 186 Å². The van der Waals surface area contributed by atoms with E-state index in [-0.39, 0.29) is 29.7 Å². The summed E-state index contributed by atoms with van der Waals surface area (Å²) in [5.74, 6) is 2.47. The van der Waals surface area contributed by atoms with E-state index in [0.29, 0.717) is 19.0 Å². The molecule has 0 radical (unpaired) electrons. The summed E-state index contributed by atoms with van der Waals surface area (Å²) in [4.78, 5) is 15.0. The number of nitro benzene ring substituents is 1. The van der Waals surface area contributed by atoms with E-state index >= 15 is 0 Å². The SMILES string of the molecule is COc1cccc(CN=C(NCCSC)NCc2ccc([N+](=O)[O-])cc2)c1.I. The van der Waals surface area contributed by atoms with Crippen molar-refractivity contribution in [3.05, 3.63) is 69.8 Å². The highest BCUT2D eigenvalue weighted by molar-refractivity contribution is 14.0. The molecule has 9 heteroatoms. The van der Waals surface area contributed by atoms with Gasteiger partial charge >= 0.3 is 0 Å². The molecule has 0 aliphatic carbocycles. The monoisotopic (exact) mass is 516 g/mol. The fourth-order valence-electron chi connectivity index (χ4n) is 2.31. The summed E-state index contributed by atoms with van der Waals surface area (Å²) in [6, 6.07) is 14.3. The highest BCUT2D eigenvalue weighted by Gasteiger charge is 2.05. The zero-order chi connectivity index (χ0) is 19.5. The van der Waals surface area contributed by atoms with Crippen LogP contribution < -0.4 is 15.4 Å². The molecule has 0 amide bonds. The Bertz CT molecular complexity index is 772. The van der Waals surface area contributed by atoms with Crippen molar-refractivity contribution in [1.82, 2.24) is 10.6 Å². The number of thioether (sulfide) groups is 1. The molecule has 0 aliphatic heterocycles. The normalized spacial score (nSPS) is 10.7. The summed E-state index contributed by atoms with van der Waals surface area (Å²) >= 11 is 1.76. The number of methoxy groups -OCH3 is 1. The standard InChI is InChI=1S/C19H24N4O3S.HI/c1-26-18-5-3-4-16(12-18)14-22-19(20-10-11-27-2)21-13-15-6-8-17(9-7-15)23(24)25;/h3-9,12H,10-11,13-14H2,1-2H3,(H2,20,21,22);1H. The molecule has 7 nitrogen and oxygen atoms in total. The molecule has 28 heavy (non-hydrogen) atoms. The minimum Gasteiger partial charge on any atom is -0.497 e. The molecular formula is C19H25IN4O3S. The molecule has 2 aromatic carbocycles. The second-order valence-corrected chi connectivity index (χ2v) is 6.70. The minimum atomic E-state index is -0.401. The van der Waals surface area contributed by atoms with E-state index in [1.807, 2.05) is 24.3 Å². The molecule has 2 aromatic rings. The van der Waals surface area contributed by atoms with Gasteiger partial charge in [-0.2, -0.15) is 11.8 Å². The molecule has 0 unspecified atom stereocenters. The maximum atomic E-state index is 10.7. The van der Waals surface area contributed by atoms with Crippen LogP contribution >= 0.6 is 35.7 Å². The van der Waals surface area contributed by atoms with Crippen molar-refractivity contribution >= 4 is 47.4 Å². The van der Waals surface area contributed by atoms with Crippen molar-refractivity contribution in [3.63, 3.8) is 0 Å². The lowest BCUT2D eigenvalue weighted by atomic mass is 10.2. The smallest absolute Gasteiger partial charge is 0.269 e. The van der Waals surface area contributed by atoms with E-state index in [2.05, 4.69) is 21.9 Å². The Morgan fingerprint density at radius 3 is 2.57 bits per heavy atom. The number of guanidine groups is 1. The number of rotatable bonds is 9. The van der Waals surface area contributed by atoms with Gasteiger partial charge in [-0.1, -0.05) is 24.3 Å². The summed E-state index contributed by atoms with van der Waals surface area (Å²) in [7, 11) is 1.64. The topological polar surface area (TPSA) is 88.8 Å². The van der Waals surface area contributed by atoms with Gasteiger partial charge in [-0.3, -0.25) is 10.1 Å². The van der Waals surface area contributed by atoms with Crippen LogP contribution in [0.5, 0.6) is 5.75 Å². The Morgan fingerprint density at radius 1 is 1.18 bits per heavy atom. The number of non-ortho nitro benzene ring substituents is 1. The molecule has 0 fully saturated rings. The van der Waals surface area contributed by atoms with E-state index in [1.165, 1.54) is 12.1 Å². The van der Waals surface area contributed by atoms with Crippen LogP contribution in [0.1, 0.15) is 11.1 Å². The second kappa shape index (κ2) is 13.2. The van der Waals surface area contributed by atoms with Crippen LogP contribution in [0.2, 0.25) is 0 Å². The van der Waals surface area contributed by atoms with Gasteiger partial charge in [0.05, 0.1) is 18.6 Å². The fraction of sp³-hybridized carbons (Fsp3) is 0.316. The lowest BCUT2D eigenvalue weighted by molar-refractivity contribution is -0.384. The molecule has 0 saturated carbocycles. The Kier molecular flexibility index (Phi) is 11.3. The van der Waals surface area contributed by atoms with Gasteiger partial charge in [0, 0.05) is 31.0 Å². The number of ether oxygens (including phenoxy) is 1. The largest absolute Gasteiger partial charge is 0.497 e. The first-order valence-electron chi connectivity index (χ1n) is 8.49. The average Bonchev–Trinajstić information content (AvgIpc) is 2.70. The van der Waals surface area contributed by atoms with E-state index in [1.54, 1.807) is 31.0 Å². The van der Waals surface area contributed by atoms with Crippen LogP contribution in [0.25, 0.3) is 0 Å². The van der Waals surface area contributed by atoms with Crippen LogP contribution in [-0.4, -0.2) is 36.5 Å². The summed E-state index contributed by atoms with van der Waals surface area (Å²) in [6.45, 7) is 1.85. The predicted molar refractivity (Wildman–Crippen MR) is 126 cm³/mol. The summed E-state index contributed by atoms with van der Waals surface area (Å²) in [5.41, 5.74) is 2.08. The van der Waals surface area contributed by atoms with Crippen LogP contribution in [0.3, 0.4) is 0 Å². The molecule has 0 bridgehead atoms. The predicted octanol–water partition coefficient (Wildman–Crippen LogP) is 3.82. The molecule has 2 rings (SSSR count). The maximum absolute atomic E-state index is 10.7. The Hall–Kier alpha value is -2.01. The third kappa shape index (κ3) is 8.34. The van der Waals surface area contributed by atoms with Crippen LogP contribution in [0.4, 0.5) is 5.69 Å². The van der Waals surface area contributed by atoms with Gasteiger partial charge in [-0.25, -0.2) is 4.99 Å². The van der Waals surface area contributed by atoms with Crippen molar-refractivity contribution < 1.29 is 9.66 Å². The third-order valence-corrected chi connectivity index (χ3v) is 4.37. The highest BCUT2D eigenvalue weighted by atomic mass is 127. The van der Waals surface area contributed by atoms with Crippen molar-refractivity contribution in [2.45, 2.75) is 13.1 Å². The Morgan fingerprint density at radius 2 is 1.93 bits per heavy atom. The molecule has 0 aliphatic rings. The van der Waals surface area contributed by atoms with Gasteiger partial charge in [0.15, 0.2) is 5.96 Å². The molecule has 0 aromatic heterocycles. The zero-order valence-corrected chi connectivity index (χ0v) is 19.0. The first-order chi connectivity index (χ1) is 13.1. The van der Waals surface area contributed by atoms with Gasteiger partial charge in [0.1, 0.15) is 5.75 Å². The minimum absolute atomic E-state index is 0. The zero-order valence-electron chi connectivity index (χ0n) is 15.9.